The summed E-state index contributed by atoms with van der Waals surface area (Å²) in [6.07, 6.45) is 6.99. The molecule has 0 heterocycles. The van der Waals surface area contributed by atoms with Crippen molar-refractivity contribution in [3.63, 3.8) is 0 Å². The van der Waals surface area contributed by atoms with Gasteiger partial charge in [-0.15, -0.1) is 0 Å². The summed E-state index contributed by atoms with van der Waals surface area (Å²) in [5.41, 5.74) is -0.501. The lowest BCUT2D eigenvalue weighted by atomic mass is 9.95. The molecule has 0 spiro atoms. The minimum atomic E-state index is -0.501. The highest BCUT2D eigenvalue weighted by Gasteiger charge is 2.39. The standard InChI is InChI=1S/C15H28N2O2/c1-4-17(13-8-9-13)11-5-10-15(2,14(18)19-3)16-12-6-7-12/h12-13,16H,4-11H2,1-3H3. The molecule has 0 aromatic heterocycles. The molecule has 0 amide bonds. The van der Waals surface area contributed by atoms with Crippen LogP contribution in [-0.4, -0.2) is 48.7 Å². The fraction of sp³-hybridized carbons (Fsp3) is 0.933. The van der Waals surface area contributed by atoms with Crippen LogP contribution in [0.1, 0.15) is 52.4 Å². The number of hydrogen-bond acceptors (Lipinski definition) is 4. The van der Waals surface area contributed by atoms with Crippen LogP contribution in [0.5, 0.6) is 0 Å². The van der Waals surface area contributed by atoms with Gasteiger partial charge in [0.1, 0.15) is 5.54 Å². The summed E-state index contributed by atoms with van der Waals surface area (Å²) in [5, 5.41) is 3.46. The highest BCUT2D eigenvalue weighted by molar-refractivity contribution is 5.80. The Morgan fingerprint density at radius 2 is 2.05 bits per heavy atom. The Kier molecular flexibility index (Phi) is 4.85. The first-order valence-corrected chi connectivity index (χ1v) is 7.69. The molecule has 0 bridgehead atoms. The van der Waals surface area contributed by atoms with E-state index >= 15 is 0 Å². The number of nitrogens with zero attached hydrogens (tertiary/aromatic N) is 1. The molecule has 4 nitrogen and oxygen atoms in total. The first-order valence-electron chi connectivity index (χ1n) is 7.69. The summed E-state index contributed by atoms with van der Waals surface area (Å²) in [6, 6.07) is 1.33. The van der Waals surface area contributed by atoms with Crippen LogP contribution in [0.25, 0.3) is 0 Å². The van der Waals surface area contributed by atoms with Gasteiger partial charge in [0, 0.05) is 12.1 Å². The number of rotatable bonds is 9. The maximum absolute atomic E-state index is 12.0. The fourth-order valence-electron chi connectivity index (χ4n) is 2.81. The summed E-state index contributed by atoms with van der Waals surface area (Å²) < 4.78 is 4.97. The number of methoxy groups -OCH3 is 1. The van der Waals surface area contributed by atoms with Gasteiger partial charge in [-0.1, -0.05) is 6.92 Å². The van der Waals surface area contributed by atoms with Gasteiger partial charge in [-0.25, -0.2) is 0 Å². The lowest BCUT2D eigenvalue weighted by Crippen LogP contribution is -2.51. The van der Waals surface area contributed by atoms with Gasteiger partial charge in [-0.2, -0.15) is 0 Å². The van der Waals surface area contributed by atoms with E-state index in [4.69, 9.17) is 4.74 Å². The van der Waals surface area contributed by atoms with Gasteiger partial charge in [-0.3, -0.25) is 10.1 Å². The molecule has 2 saturated carbocycles. The molecule has 2 rings (SSSR count). The molecule has 2 aliphatic rings. The van der Waals surface area contributed by atoms with Crippen molar-refractivity contribution in [3.05, 3.63) is 0 Å². The molecule has 2 aliphatic carbocycles. The van der Waals surface area contributed by atoms with E-state index < -0.39 is 5.54 Å². The summed E-state index contributed by atoms with van der Waals surface area (Å²) in [4.78, 5) is 14.5. The van der Waals surface area contributed by atoms with Gasteiger partial charge < -0.3 is 9.64 Å². The highest BCUT2D eigenvalue weighted by atomic mass is 16.5. The molecule has 0 aromatic rings. The first kappa shape index (κ1) is 14.8. The van der Waals surface area contributed by atoms with Gasteiger partial charge in [0.25, 0.3) is 0 Å². The number of carbonyl (C=O) groups excluding carboxylic acids is 1. The molecule has 0 saturated heterocycles. The molecule has 1 N–H and O–H groups in total. The zero-order chi connectivity index (χ0) is 13.9. The summed E-state index contributed by atoms with van der Waals surface area (Å²) in [5.74, 6) is -0.117. The second-order valence-electron chi connectivity index (χ2n) is 6.21. The lowest BCUT2D eigenvalue weighted by Gasteiger charge is -2.29. The molecule has 0 aromatic carbocycles. The van der Waals surface area contributed by atoms with Gasteiger partial charge in [0.2, 0.25) is 0 Å². The minimum Gasteiger partial charge on any atom is -0.468 e. The lowest BCUT2D eigenvalue weighted by molar-refractivity contribution is -0.148. The molecule has 110 valence electrons. The zero-order valence-corrected chi connectivity index (χ0v) is 12.6. The normalized spacial score (nSPS) is 22.3. The second kappa shape index (κ2) is 6.23. The third-order valence-electron chi connectivity index (χ3n) is 4.33. The van der Waals surface area contributed by atoms with E-state index in [9.17, 15) is 4.79 Å². The van der Waals surface area contributed by atoms with Crippen molar-refractivity contribution in [2.24, 2.45) is 0 Å². The quantitative estimate of drug-likeness (QED) is 0.649. The van der Waals surface area contributed by atoms with E-state index in [1.807, 2.05) is 6.92 Å². The van der Waals surface area contributed by atoms with Crippen LogP contribution in [0.2, 0.25) is 0 Å². The number of esters is 1. The summed E-state index contributed by atoms with van der Waals surface area (Å²) in [7, 11) is 1.48. The van der Waals surface area contributed by atoms with E-state index in [1.54, 1.807) is 0 Å². The van der Waals surface area contributed by atoms with Gasteiger partial charge >= 0.3 is 5.97 Å². The van der Waals surface area contributed by atoms with Gasteiger partial charge in [0.05, 0.1) is 7.11 Å². The van der Waals surface area contributed by atoms with Crippen LogP contribution < -0.4 is 5.32 Å². The zero-order valence-electron chi connectivity index (χ0n) is 12.6. The maximum Gasteiger partial charge on any atom is 0.325 e. The van der Waals surface area contributed by atoms with Crippen molar-refractivity contribution in [2.75, 3.05) is 20.2 Å². The monoisotopic (exact) mass is 268 g/mol. The molecule has 1 unspecified atom stereocenters. The Hall–Kier alpha value is -0.610. The van der Waals surface area contributed by atoms with E-state index in [2.05, 4.69) is 17.1 Å². The van der Waals surface area contributed by atoms with Crippen molar-refractivity contribution in [2.45, 2.75) is 70.0 Å². The Labute approximate surface area is 116 Å². The number of carbonyl (C=O) groups is 1. The van der Waals surface area contributed by atoms with Crippen molar-refractivity contribution < 1.29 is 9.53 Å². The molecule has 0 aliphatic heterocycles. The number of ether oxygens (including phenoxy) is 1. The van der Waals surface area contributed by atoms with E-state index in [0.717, 1.165) is 32.0 Å². The third kappa shape index (κ3) is 4.18. The second-order valence-corrected chi connectivity index (χ2v) is 6.21. The van der Waals surface area contributed by atoms with Crippen LogP contribution in [0.4, 0.5) is 0 Å². The van der Waals surface area contributed by atoms with Crippen molar-refractivity contribution in [1.29, 1.82) is 0 Å². The Morgan fingerprint density at radius 3 is 2.53 bits per heavy atom. The predicted molar refractivity (Wildman–Crippen MR) is 76.1 cm³/mol. The first-order chi connectivity index (χ1) is 9.09. The van der Waals surface area contributed by atoms with Gasteiger partial charge in [-0.05, 0) is 58.5 Å². The molecule has 19 heavy (non-hydrogen) atoms. The van der Waals surface area contributed by atoms with Crippen LogP contribution >= 0.6 is 0 Å². The van der Waals surface area contributed by atoms with Gasteiger partial charge in [0.15, 0.2) is 0 Å². The van der Waals surface area contributed by atoms with E-state index in [-0.39, 0.29) is 5.97 Å². The molecule has 2 fully saturated rings. The molecular formula is C15H28N2O2. The molecule has 1 atom stereocenters. The Balaban J connectivity index is 1.79. The van der Waals surface area contributed by atoms with Crippen molar-refractivity contribution >= 4 is 5.97 Å². The highest BCUT2D eigenvalue weighted by Crippen LogP contribution is 2.28. The number of nitrogens with one attached hydrogen (secondary N) is 1. The van der Waals surface area contributed by atoms with Crippen LogP contribution in [0, 0.1) is 0 Å². The molecule has 4 heteroatoms. The maximum atomic E-state index is 12.0. The Morgan fingerprint density at radius 1 is 1.37 bits per heavy atom. The van der Waals surface area contributed by atoms with Crippen molar-refractivity contribution in [3.8, 4) is 0 Å². The number of hydrogen-bond donors (Lipinski definition) is 1. The SMILES string of the molecule is CCN(CCCC(C)(NC1CC1)C(=O)OC)C1CC1. The third-order valence-corrected chi connectivity index (χ3v) is 4.33. The van der Waals surface area contributed by atoms with Crippen LogP contribution in [-0.2, 0) is 9.53 Å². The predicted octanol–water partition coefficient (Wildman–Crippen LogP) is 1.93. The summed E-state index contributed by atoms with van der Waals surface area (Å²) >= 11 is 0. The molecular weight excluding hydrogens is 240 g/mol. The smallest absolute Gasteiger partial charge is 0.325 e. The van der Waals surface area contributed by atoms with E-state index in [0.29, 0.717) is 6.04 Å². The molecule has 0 radical (unpaired) electrons. The fourth-order valence-corrected chi connectivity index (χ4v) is 2.81. The summed E-state index contributed by atoms with van der Waals surface area (Å²) in [6.45, 7) is 6.43. The minimum absolute atomic E-state index is 0.117. The van der Waals surface area contributed by atoms with Crippen molar-refractivity contribution in [1.82, 2.24) is 10.2 Å². The average Bonchev–Trinajstić information content (AvgIpc) is 3.26. The average molecular weight is 268 g/mol. The van der Waals surface area contributed by atoms with Crippen LogP contribution in [0.15, 0.2) is 0 Å². The van der Waals surface area contributed by atoms with Crippen LogP contribution in [0.3, 0.4) is 0 Å². The van der Waals surface area contributed by atoms with E-state index in [1.165, 1.54) is 32.8 Å². The topological polar surface area (TPSA) is 41.6 Å². The largest absolute Gasteiger partial charge is 0.468 e. The Bertz CT molecular complexity index is 313.